The van der Waals surface area contributed by atoms with Gasteiger partial charge in [0.1, 0.15) is 4.99 Å². The van der Waals surface area contributed by atoms with E-state index in [1.165, 1.54) is 4.57 Å². The molecule has 0 radical (unpaired) electrons. The molecular weight excluding hydrogens is 236 g/mol. The third kappa shape index (κ3) is 2.42. The first-order chi connectivity index (χ1) is 8.08. The molecule has 0 amide bonds. The van der Waals surface area contributed by atoms with Gasteiger partial charge in [0, 0.05) is 25.6 Å². The lowest BCUT2D eigenvalue weighted by atomic mass is 10.2. The van der Waals surface area contributed by atoms with Gasteiger partial charge in [-0.15, -0.1) is 0 Å². The number of aromatic nitrogens is 3. The van der Waals surface area contributed by atoms with Crippen molar-refractivity contribution in [3.05, 3.63) is 52.5 Å². The molecule has 17 heavy (non-hydrogen) atoms. The minimum absolute atomic E-state index is 0.0568. The summed E-state index contributed by atoms with van der Waals surface area (Å²) in [5.41, 5.74) is 6.96. The summed E-state index contributed by atoms with van der Waals surface area (Å²) in [7, 11) is 1.71. The maximum absolute atomic E-state index is 11.7. The zero-order valence-electron chi connectivity index (χ0n) is 9.33. The number of imidazole rings is 1. The molecule has 88 valence electrons. The van der Waals surface area contributed by atoms with E-state index in [0.29, 0.717) is 12.2 Å². The van der Waals surface area contributed by atoms with E-state index in [2.05, 4.69) is 4.98 Å². The van der Waals surface area contributed by atoms with Crippen molar-refractivity contribution in [1.29, 1.82) is 0 Å². The molecule has 2 heterocycles. The van der Waals surface area contributed by atoms with Gasteiger partial charge in [-0.3, -0.25) is 9.55 Å². The van der Waals surface area contributed by atoms with E-state index in [1.54, 1.807) is 36.3 Å². The van der Waals surface area contributed by atoms with Gasteiger partial charge in [0.2, 0.25) is 0 Å². The van der Waals surface area contributed by atoms with Gasteiger partial charge in [-0.05, 0) is 17.7 Å². The zero-order valence-corrected chi connectivity index (χ0v) is 10.1. The molecule has 2 aromatic rings. The monoisotopic (exact) mass is 248 g/mol. The maximum Gasteiger partial charge on any atom is 0.328 e. The molecule has 0 fully saturated rings. The van der Waals surface area contributed by atoms with Crippen molar-refractivity contribution < 1.29 is 0 Å². The van der Waals surface area contributed by atoms with Crippen LogP contribution in [0.4, 0.5) is 0 Å². The molecule has 6 heteroatoms. The van der Waals surface area contributed by atoms with Crippen LogP contribution in [0.1, 0.15) is 11.3 Å². The quantitative estimate of drug-likeness (QED) is 0.792. The molecule has 0 spiro atoms. The molecule has 0 aromatic carbocycles. The topological polar surface area (TPSA) is 65.8 Å². The summed E-state index contributed by atoms with van der Waals surface area (Å²) >= 11 is 4.86. The zero-order chi connectivity index (χ0) is 12.4. The molecule has 0 atom stereocenters. The van der Waals surface area contributed by atoms with E-state index in [-0.39, 0.29) is 10.7 Å². The van der Waals surface area contributed by atoms with Crippen LogP contribution in [-0.2, 0) is 13.6 Å². The van der Waals surface area contributed by atoms with Crippen molar-refractivity contribution in [3.8, 4) is 0 Å². The number of hydrogen-bond donors (Lipinski definition) is 1. The third-order valence-corrected chi connectivity index (χ3v) is 2.66. The van der Waals surface area contributed by atoms with Gasteiger partial charge in [0.15, 0.2) is 0 Å². The average molecular weight is 248 g/mol. The lowest BCUT2D eigenvalue weighted by molar-refractivity contribution is 0.717. The summed E-state index contributed by atoms with van der Waals surface area (Å²) in [6.07, 6.45) is 5.10. The molecule has 5 nitrogen and oxygen atoms in total. The summed E-state index contributed by atoms with van der Waals surface area (Å²) in [4.78, 5) is 16.0. The fourth-order valence-electron chi connectivity index (χ4n) is 1.54. The highest BCUT2D eigenvalue weighted by Crippen LogP contribution is 2.03. The van der Waals surface area contributed by atoms with Crippen LogP contribution in [-0.4, -0.2) is 19.1 Å². The molecule has 0 aliphatic rings. The second-order valence-electron chi connectivity index (χ2n) is 3.73. The summed E-state index contributed by atoms with van der Waals surface area (Å²) in [6, 6.07) is 3.63. The van der Waals surface area contributed by atoms with Gasteiger partial charge < -0.3 is 10.3 Å². The predicted octanol–water partition coefficient (Wildman–Crippen LogP) is 0.264. The molecule has 0 unspecified atom stereocenters. The van der Waals surface area contributed by atoms with E-state index in [4.69, 9.17) is 18.0 Å². The van der Waals surface area contributed by atoms with Crippen molar-refractivity contribution in [3.63, 3.8) is 0 Å². The predicted molar refractivity (Wildman–Crippen MR) is 68.9 cm³/mol. The molecule has 2 aromatic heterocycles. The largest absolute Gasteiger partial charge is 0.388 e. The molecule has 0 bridgehead atoms. The van der Waals surface area contributed by atoms with Crippen LogP contribution in [0.15, 0.2) is 35.5 Å². The molecule has 0 saturated heterocycles. The van der Waals surface area contributed by atoms with Crippen LogP contribution in [0.3, 0.4) is 0 Å². The summed E-state index contributed by atoms with van der Waals surface area (Å²) < 4.78 is 3.13. The lowest BCUT2D eigenvalue weighted by Crippen LogP contribution is -2.22. The van der Waals surface area contributed by atoms with Crippen LogP contribution in [0.25, 0.3) is 0 Å². The Hall–Kier alpha value is -1.95. The van der Waals surface area contributed by atoms with Crippen LogP contribution in [0.2, 0.25) is 0 Å². The number of aryl methyl sites for hydroxylation is 1. The van der Waals surface area contributed by atoms with Crippen LogP contribution < -0.4 is 11.4 Å². The van der Waals surface area contributed by atoms with Crippen molar-refractivity contribution in [2.24, 2.45) is 12.8 Å². The van der Waals surface area contributed by atoms with E-state index in [1.807, 2.05) is 6.07 Å². The Balaban J connectivity index is 2.30. The first-order valence-electron chi connectivity index (χ1n) is 5.04. The molecule has 2 rings (SSSR count). The van der Waals surface area contributed by atoms with Gasteiger partial charge in [-0.25, -0.2) is 4.79 Å². The molecule has 0 aliphatic heterocycles. The van der Waals surface area contributed by atoms with Crippen molar-refractivity contribution in [2.45, 2.75) is 6.54 Å². The Morgan fingerprint density at radius 3 is 2.88 bits per heavy atom. The number of nitrogens with zero attached hydrogens (tertiary/aromatic N) is 3. The van der Waals surface area contributed by atoms with Crippen LogP contribution >= 0.6 is 12.2 Å². The van der Waals surface area contributed by atoms with Crippen molar-refractivity contribution in [2.75, 3.05) is 0 Å². The fourth-order valence-corrected chi connectivity index (χ4v) is 1.65. The van der Waals surface area contributed by atoms with Crippen molar-refractivity contribution in [1.82, 2.24) is 14.1 Å². The minimum atomic E-state index is -0.0568. The Kier molecular flexibility index (Phi) is 3.06. The van der Waals surface area contributed by atoms with Crippen LogP contribution in [0.5, 0.6) is 0 Å². The fraction of sp³-hybridized carbons (Fsp3) is 0.182. The Labute approximate surface area is 104 Å². The number of nitrogens with two attached hydrogens (primary N) is 1. The highest BCUT2D eigenvalue weighted by atomic mass is 32.1. The van der Waals surface area contributed by atoms with E-state index in [9.17, 15) is 4.79 Å². The summed E-state index contributed by atoms with van der Waals surface area (Å²) in [5.74, 6) is 0. The first kappa shape index (κ1) is 11.5. The summed E-state index contributed by atoms with van der Waals surface area (Å²) in [5, 5.41) is 0. The SMILES string of the molecule is Cn1ccn(Cc2ccnc(C(N)=S)c2)c1=O. The van der Waals surface area contributed by atoms with Gasteiger partial charge in [-0.2, -0.15) is 0 Å². The molecular formula is C11H12N4OS. The van der Waals surface area contributed by atoms with Crippen molar-refractivity contribution >= 4 is 17.2 Å². The molecule has 0 aliphatic carbocycles. The van der Waals surface area contributed by atoms with Gasteiger partial charge >= 0.3 is 5.69 Å². The second-order valence-corrected chi connectivity index (χ2v) is 4.17. The lowest BCUT2D eigenvalue weighted by Gasteiger charge is -2.03. The number of pyridine rings is 1. The Bertz CT molecular complexity index is 614. The van der Waals surface area contributed by atoms with E-state index in [0.717, 1.165) is 5.56 Å². The van der Waals surface area contributed by atoms with Gasteiger partial charge in [0.05, 0.1) is 12.2 Å². The molecule has 0 saturated carbocycles. The smallest absolute Gasteiger partial charge is 0.328 e. The van der Waals surface area contributed by atoms with Gasteiger partial charge in [-0.1, -0.05) is 12.2 Å². The van der Waals surface area contributed by atoms with E-state index >= 15 is 0 Å². The number of thiocarbonyl (C=S) groups is 1. The third-order valence-electron chi connectivity index (χ3n) is 2.45. The summed E-state index contributed by atoms with van der Waals surface area (Å²) in [6.45, 7) is 0.484. The van der Waals surface area contributed by atoms with Gasteiger partial charge in [0.25, 0.3) is 0 Å². The van der Waals surface area contributed by atoms with E-state index < -0.39 is 0 Å². The minimum Gasteiger partial charge on any atom is -0.388 e. The highest BCUT2D eigenvalue weighted by molar-refractivity contribution is 7.80. The molecule has 2 N–H and O–H groups in total. The first-order valence-corrected chi connectivity index (χ1v) is 5.45. The average Bonchev–Trinajstić information content (AvgIpc) is 2.61. The second kappa shape index (κ2) is 4.50. The standard InChI is InChI=1S/C11H12N4OS/c1-14-4-5-15(11(14)16)7-8-2-3-13-9(6-8)10(12)17/h2-6H,7H2,1H3,(H2,12,17). The highest BCUT2D eigenvalue weighted by Gasteiger charge is 2.03. The Morgan fingerprint density at radius 1 is 1.53 bits per heavy atom. The normalized spacial score (nSPS) is 10.4. The van der Waals surface area contributed by atoms with Crippen LogP contribution in [0, 0.1) is 0 Å². The number of rotatable bonds is 3. The maximum atomic E-state index is 11.7. The Morgan fingerprint density at radius 2 is 2.29 bits per heavy atom. The number of hydrogen-bond acceptors (Lipinski definition) is 3.